The predicted octanol–water partition coefficient (Wildman–Crippen LogP) is 1.28. The summed E-state index contributed by atoms with van der Waals surface area (Å²) in [6.07, 6.45) is 0. The first kappa shape index (κ1) is 41.0. The second-order valence-corrected chi connectivity index (χ2v) is 13.9. The summed E-state index contributed by atoms with van der Waals surface area (Å²) in [5.41, 5.74) is -2.88. The van der Waals surface area contributed by atoms with Crippen molar-refractivity contribution in [2.24, 2.45) is 10.8 Å². The van der Waals surface area contributed by atoms with Gasteiger partial charge in [-0.1, -0.05) is 0 Å². The summed E-state index contributed by atoms with van der Waals surface area (Å²) in [6, 6.07) is 0. The van der Waals surface area contributed by atoms with Gasteiger partial charge in [0.2, 0.25) is 0 Å². The fraction of sp³-hybridized carbons (Fsp3) is 0.800. The summed E-state index contributed by atoms with van der Waals surface area (Å²) in [6.45, 7) is 3.97. The molecule has 1 N–H and O–H groups in total. The number of carbonyl (C=O) groups is 5. The van der Waals surface area contributed by atoms with Gasteiger partial charge >= 0.3 is 29.8 Å². The Bertz CT molecular complexity index is 811. The average molecular weight is 695 g/mol. The van der Waals surface area contributed by atoms with Crippen LogP contribution in [0.5, 0.6) is 0 Å². The van der Waals surface area contributed by atoms with Crippen molar-refractivity contribution in [2.75, 3.05) is 52.9 Å². The molecule has 244 valence electrons. The van der Waals surface area contributed by atoms with Crippen LogP contribution in [0.3, 0.4) is 0 Å². The number of aliphatic hydroxyl groups excluding tert-OH is 1. The third-order valence-electron chi connectivity index (χ3n) is 5.46. The lowest BCUT2D eigenvalue weighted by Gasteiger charge is -2.35. The number of aliphatic hydroxyl groups is 1. The summed E-state index contributed by atoms with van der Waals surface area (Å²) in [5, 5.41) is 6.36. The van der Waals surface area contributed by atoms with Gasteiger partial charge in [0.15, 0.2) is 0 Å². The largest absolute Gasteiger partial charge is 0.464 e. The van der Waals surface area contributed by atoms with Crippen molar-refractivity contribution in [1.29, 1.82) is 0 Å². The van der Waals surface area contributed by atoms with E-state index in [1.807, 2.05) is 0 Å². The van der Waals surface area contributed by atoms with E-state index in [4.69, 9.17) is 28.4 Å². The van der Waals surface area contributed by atoms with Gasteiger partial charge in [-0.25, -0.2) is 0 Å². The molecule has 0 aliphatic heterocycles. The minimum absolute atomic E-state index is 0.362. The van der Waals surface area contributed by atoms with Crippen LogP contribution in [0.4, 0.5) is 0 Å². The molecule has 0 amide bonds. The van der Waals surface area contributed by atoms with E-state index in [1.54, 1.807) is 0 Å². The number of ether oxygens (including phenoxy) is 6. The lowest BCUT2D eigenvalue weighted by Crippen LogP contribution is -2.47. The van der Waals surface area contributed by atoms with Crippen molar-refractivity contribution >= 4 is 93.0 Å². The number of thiol groups is 5. The molecule has 5 unspecified atom stereocenters. The zero-order valence-corrected chi connectivity index (χ0v) is 28.7. The zero-order chi connectivity index (χ0) is 32.7. The number of carbonyl (C=O) groups excluding carboxylic acids is 5. The van der Waals surface area contributed by atoms with E-state index in [9.17, 15) is 29.1 Å². The van der Waals surface area contributed by atoms with E-state index in [1.165, 1.54) is 34.6 Å². The SMILES string of the molecule is CC(S)C(=O)OCC(CO)(COCC(COC(=O)C(C)S)(COC(=O)C(C)S)COC(=O)C(C)S)COC(=O)C(C)S. The Hall–Kier alpha value is -0.980. The molecule has 0 spiro atoms. The maximum atomic E-state index is 12.2. The standard InChI is InChI=1S/C25H42O12S5/c1-14(38)19(27)33-9-24(6-26,10-34-20(28)15(2)39)7-32-8-25(11-35-21(29)16(3)40,12-36-22(30)17(4)41)13-37-23(31)18(5)42/h14-18,26,38-42H,6-13H2,1-5H3. The molecule has 17 heteroatoms. The Labute approximate surface area is 274 Å². The van der Waals surface area contributed by atoms with Crippen molar-refractivity contribution in [3.63, 3.8) is 0 Å². The summed E-state index contributed by atoms with van der Waals surface area (Å²) >= 11 is 20.2. The summed E-state index contributed by atoms with van der Waals surface area (Å²) in [4.78, 5) is 60.9. The van der Waals surface area contributed by atoms with Crippen LogP contribution in [0, 0.1) is 10.8 Å². The van der Waals surface area contributed by atoms with Crippen LogP contribution in [0.25, 0.3) is 0 Å². The van der Waals surface area contributed by atoms with Crippen LogP contribution < -0.4 is 0 Å². The zero-order valence-electron chi connectivity index (χ0n) is 24.2. The summed E-state index contributed by atoms with van der Waals surface area (Å²) in [5.74, 6) is -3.47. The Morgan fingerprint density at radius 1 is 0.476 bits per heavy atom. The smallest absolute Gasteiger partial charge is 0.318 e. The van der Waals surface area contributed by atoms with Crippen molar-refractivity contribution < 1.29 is 57.5 Å². The maximum Gasteiger partial charge on any atom is 0.318 e. The molecule has 42 heavy (non-hydrogen) atoms. The van der Waals surface area contributed by atoms with Gasteiger partial charge < -0.3 is 33.5 Å². The van der Waals surface area contributed by atoms with E-state index in [2.05, 4.69) is 63.1 Å². The minimum atomic E-state index is -1.44. The molecule has 5 atom stereocenters. The molecule has 0 aliphatic rings. The summed E-state index contributed by atoms with van der Waals surface area (Å²) < 4.78 is 32.5. The molecule has 0 aromatic heterocycles. The first-order valence-corrected chi connectivity index (χ1v) is 15.4. The van der Waals surface area contributed by atoms with E-state index < -0.39 is 107 Å². The minimum Gasteiger partial charge on any atom is -0.464 e. The number of rotatable bonds is 20. The molecule has 0 fully saturated rings. The molecule has 0 saturated heterocycles. The van der Waals surface area contributed by atoms with Gasteiger partial charge in [0.1, 0.15) is 33.0 Å². The van der Waals surface area contributed by atoms with Gasteiger partial charge in [-0.3, -0.25) is 24.0 Å². The monoisotopic (exact) mass is 694 g/mol. The Balaban J connectivity index is 6.19. The molecule has 0 heterocycles. The molecule has 0 aromatic carbocycles. The molecule has 0 bridgehead atoms. The normalized spacial score (nSPS) is 17.7. The van der Waals surface area contributed by atoms with E-state index in [0.717, 1.165) is 0 Å². The lowest BCUT2D eigenvalue weighted by atomic mass is 9.90. The molecule has 0 radical (unpaired) electrons. The van der Waals surface area contributed by atoms with Crippen molar-refractivity contribution in [2.45, 2.75) is 60.9 Å². The van der Waals surface area contributed by atoms with Crippen LogP contribution >= 0.6 is 63.1 Å². The van der Waals surface area contributed by atoms with Crippen molar-refractivity contribution in [3.05, 3.63) is 0 Å². The van der Waals surface area contributed by atoms with Gasteiger partial charge in [0.05, 0.1) is 56.9 Å². The average Bonchev–Trinajstić information content (AvgIpc) is 2.93. The highest BCUT2D eigenvalue weighted by molar-refractivity contribution is 7.82. The maximum absolute atomic E-state index is 12.2. The van der Waals surface area contributed by atoms with Gasteiger partial charge in [-0.15, -0.1) is 0 Å². The first-order valence-electron chi connectivity index (χ1n) is 12.8. The third kappa shape index (κ3) is 15.7. The van der Waals surface area contributed by atoms with Crippen molar-refractivity contribution in [3.8, 4) is 0 Å². The van der Waals surface area contributed by atoms with Gasteiger partial charge in [0, 0.05) is 0 Å². The number of esters is 5. The second-order valence-electron chi connectivity index (χ2n) is 10.1. The van der Waals surface area contributed by atoms with Gasteiger partial charge in [-0.05, 0) is 34.6 Å². The molecule has 12 nitrogen and oxygen atoms in total. The highest BCUT2D eigenvalue weighted by Crippen LogP contribution is 2.26. The van der Waals surface area contributed by atoms with E-state index in [0.29, 0.717) is 0 Å². The van der Waals surface area contributed by atoms with Crippen LogP contribution in [-0.4, -0.2) is 114 Å². The molecule has 0 aromatic rings. The molecule has 0 aliphatic carbocycles. The van der Waals surface area contributed by atoms with Crippen LogP contribution in [0.1, 0.15) is 34.6 Å². The Morgan fingerprint density at radius 3 is 0.905 bits per heavy atom. The van der Waals surface area contributed by atoms with Crippen molar-refractivity contribution in [1.82, 2.24) is 0 Å². The Kier molecular flexibility index (Phi) is 19.7. The van der Waals surface area contributed by atoms with E-state index >= 15 is 0 Å². The van der Waals surface area contributed by atoms with Gasteiger partial charge in [-0.2, -0.15) is 63.1 Å². The van der Waals surface area contributed by atoms with Crippen LogP contribution in [0.2, 0.25) is 0 Å². The Morgan fingerprint density at radius 2 is 0.690 bits per heavy atom. The topological polar surface area (TPSA) is 161 Å². The lowest BCUT2D eigenvalue weighted by molar-refractivity contribution is -0.171. The highest BCUT2D eigenvalue weighted by atomic mass is 32.1. The van der Waals surface area contributed by atoms with E-state index in [-0.39, 0.29) is 13.2 Å². The first-order chi connectivity index (χ1) is 19.4. The molecule has 0 saturated carbocycles. The number of hydrogen-bond acceptors (Lipinski definition) is 17. The molecular weight excluding hydrogens is 653 g/mol. The molecular formula is C25H42O12S5. The highest BCUT2D eigenvalue weighted by Gasteiger charge is 2.40. The van der Waals surface area contributed by atoms with Crippen LogP contribution in [0.15, 0.2) is 0 Å². The fourth-order valence-corrected chi connectivity index (χ4v) is 3.09. The van der Waals surface area contributed by atoms with Crippen LogP contribution in [-0.2, 0) is 52.4 Å². The van der Waals surface area contributed by atoms with Gasteiger partial charge in [0.25, 0.3) is 0 Å². The predicted molar refractivity (Wildman–Crippen MR) is 170 cm³/mol. The number of hydrogen-bond donors (Lipinski definition) is 6. The fourth-order valence-electron chi connectivity index (χ4n) is 2.72. The quantitative estimate of drug-likeness (QED) is 0.0617. The summed E-state index contributed by atoms with van der Waals surface area (Å²) in [7, 11) is 0. The molecule has 0 rings (SSSR count). The third-order valence-corrected chi connectivity index (χ3v) is 6.51. The second kappa shape index (κ2) is 20.1.